The molecule has 1 rings (SSSR count). The molecule has 0 aliphatic carbocycles. The summed E-state index contributed by atoms with van der Waals surface area (Å²) in [6.07, 6.45) is 0.109. The molecule has 3 N–H and O–H groups in total. The van der Waals surface area contributed by atoms with Crippen LogP contribution in [0, 0.1) is 0 Å². The molecule has 6 nitrogen and oxygen atoms in total. The highest BCUT2D eigenvalue weighted by molar-refractivity contribution is 6.05. The van der Waals surface area contributed by atoms with Crippen molar-refractivity contribution in [2.24, 2.45) is 0 Å². The van der Waals surface area contributed by atoms with Crippen LogP contribution in [0.25, 0.3) is 0 Å². The van der Waals surface area contributed by atoms with Crippen molar-refractivity contribution in [1.29, 1.82) is 0 Å². The van der Waals surface area contributed by atoms with Gasteiger partial charge >= 0.3 is 0 Å². The molecule has 1 atom stereocenters. The molecule has 0 aromatic rings. The lowest BCUT2D eigenvalue weighted by atomic mass is 10.2. The Kier molecular flexibility index (Phi) is 3.58. The second kappa shape index (κ2) is 4.71. The molecule has 0 aromatic carbocycles. The number of hydrogen-bond acceptors (Lipinski definition) is 4. The van der Waals surface area contributed by atoms with Crippen LogP contribution < -0.4 is 16.0 Å². The molecule has 6 heteroatoms. The molecule has 3 amide bonds. The van der Waals surface area contributed by atoms with Gasteiger partial charge in [-0.15, -0.1) is 0 Å². The number of rotatable bonds is 4. The fourth-order valence-corrected chi connectivity index (χ4v) is 1.19. The SMILES string of the molecule is CCNC(=O)CNC1CC(=O)NC1=O. The van der Waals surface area contributed by atoms with E-state index in [1.54, 1.807) is 0 Å². The van der Waals surface area contributed by atoms with E-state index in [0.717, 1.165) is 0 Å². The van der Waals surface area contributed by atoms with Gasteiger partial charge in [-0.1, -0.05) is 0 Å². The Morgan fingerprint density at radius 1 is 1.57 bits per heavy atom. The van der Waals surface area contributed by atoms with Gasteiger partial charge in [0.25, 0.3) is 0 Å². The average molecular weight is 199 g/mol. The van der Waals surface area contributed by atoms with Crippen LogP contribution in [0.5, 0.6) is 0 Å². The fraction of sp³-hybridized carbons (Fsp3) is 0.625. The molecule has 1 heterocycles. The van der Waals surface area contributed by atoms with Gasteiger partial charge in [-0.2, -0.15) is 0 Å². The molecule has 1 aliphatic rings. The Morgan fingerprint density at radius 3 is 2.79 bits per heavy atom. The maximum Gasteiger partial charge on any atom is 0.244 e. The van der Waals surface area contributed by atoms with Crippen LogP contribution in [0.2, 0.25) is 0 Å². The number of carbonyl (C=O) groups is 3. The molecular weight excluding hydrogens is 186 g/mol. The minimum Gasteiger partial charge on any atom is -0.355 e. The van der Waals surface area contributed by atoms with Crippen LogP contribution in [0.15, 0.2) is 0 Å². The van der Waals surface area contributed by atoms with Crippen LogP contribution in [-0.2, 0) is 14.4 Å². The minimum atomic E-state index is -0.565. The smallest absolute Gasteiger partial charge is 0.244 e. The largest absolute Gasteiger partial charge is 0.355 e. The molecule has 1 saturated heterocycles. The van der Waals surface area contributed by atoms with Crippen LogP contribution >= 0.6 is 0 Å². The second-order valence-electron chi connectivity index (χ2n) is 3.00. The van der Waals surface area contributed by atoms with E-state index >= 15 is 0 Å². The predicted molar refractivity (Wildman–Crippen MR) is 48.2 cm³/mol. The van der Waals surface area contributed by atoms with Crippen molar-refractivity contribution in [3.05, 3.63) is 0 Å². The average Bonchev–Trinajstić information content (AvgIpc) is 2.42. The van der Waals surface area contributed by atoms with E-state index in [1.807, 2.05) is 6.92 Å². The van der Waals surface area contributed by atoms with Crippen molar-refractivity contribution in [2.45, 2.75) is 19.4 Å². The lowest BCUT2D eigenvalue weighted by Crippen LogP contribution is -2.42. The number of imide groups is 1. The van der Waals surface area contributed by atoms with E-state index in [2.05, 4.69) is 16.0 Å². The van der Waals surface area contributed by atoms with Gasteiger partial charge < -0.3 is 5.32 Å². The van der Waals surface area contributed by atoms with Gasteiger partial charge in [0.2, 0.25) is 17.7 Å². The van der Waals surface area contributed by atoms with Crippen molar-refractivity contribution >= 4 is 17.7 Å². The maximum absolute atomic E-state index is 11.0. The Bertz CT molecular complexity index is 265. The molecule has 0 bridgehead atoms. The maximum atomic E-state index is 11.0. The molecule has 78 valence electrons. The van der Waals surface area contributed by atoms with Gasteiger partial charge in [0, 0.05) is 6.54 Å². The number of likely N-dealkylation sites (N-methyl/N-ethyl adjacent to an activating group) is 1. The standard InChI is InChI=1S/C8H13N3O3/c1-2-9-7(13)4-10-5-3-6(12)11-8(5)14/h5,10H,2-4H2,1H3,(H,9,13)(H,11,12,14). The summed E-state index contributed by atoms with van der Waals surface area (Å²) in [4.78, 5) is 32.8. The van der Waals surface area contributed by atoms with Crippen LogP contribution in [0.1, 0.15) is 13.3 Å². The zero-order valence-corrected chi connectivity index (χ0v) is 7.92. The van der Waals surface area contributed by atoms with Crippen molar-refractivity contribution in [3.63, 3.8) is 0 Å². The monoisotopic (exact) mass is 199 g/mol. The number of amides is 3. The van der Waals surface area contributed by atoms with Crippen LogP contribution in [0.3, 0.4) is 0 Å². The van der Waals surface area contributed by atoms with E-state index in [9.17, 15) is 14.4 Å². The Hall–Kier alpha value is -1.43. The minimum absolute atomic E-state index is 0.0548. The van der Waals surface area contributed by atoms with Crippen molar-refractivity contribution in [1.82, 2.24) is 16.0 Å². The predicted octanol–water partition coefficient (Wildman–Crippen LogP) is -1.87. The Morgan fingerprint density at radius 2 is 2.29 bits per heavy atom. The van der Waals surface area contributed by atoms with E-state index in [0.29, 0.717) is 6.54 Å². The summed E-state index contributed by atoms with van der Waals surface area (Å²) in [5, 5.41) is 7.43. The third-order valence-corrected chi connectivity index (χ3v) is 1.85. The van der Waals surface area contributed by atoms with E-state index < -0.39 is 6.04 Å². The van der Waals surface area contributed by atoms with Gasteiger partial charge in [0.05, 0.1) is 19.0 Å². The van der Waals surface area contributed by atoms with Crippen LogP contribution in [0.4, 0.5) is 0 Å². The lowest BCUT2D eigenvalue weighted by molar-refractivity contribution is -0.125. The molecule has 0 radical (unpaired) electrons. The summed E-state index contributed by atoms with van der Waals surface area (Å²) in [5.41, 5.74) is 0. The highest BCUT2D eigenvalue weighted by atomic mass is 16.2. The summed E-state index contributed by atoms with van der Waals surface area (Å²) in [6, 6.07) is -0.565. The van der Waals surface area contributed by atoms with Gasteiger partial charge in [0.1, 0.15) is 0 Å². The van der Waals surface area contributed by atoms with E-state index in [1.165, 1.54) is 0 Å². The Labute approximate surface area is 81.4 Å². The molecule has 1 fully saturated rings. The topological polar surface area (TPSA) is 87.3 Å². The lowest BCUT2D eigenvalue weighted by Gasteiger charge is -2.07. The zero-order chi connectivity index (χ0) is 10.6. The summed E-state index contributed by atoms with van der Waals surface area (Å²) in [6.45, 7) is 2.42. The highest BCUT2D eigenvalue weighted by Gasteiger charge is 2.30. The molecule has 14 heavy (non-hydrogen) atoms. The van der Waals surface area contributed by atoms with E-state index in [-0.39, 0.29) is 30.7 Å². The number of nitrogens with one attached hydrogen (secondary N) is 3. The first-order valence-corrected chi connectivity index (χ1v) is 4.47. The quantitative estimate of drug-likeness (QED) is 0.463. The van der Waals surface area contributed by atoms with Crippen LogP contribution in [-0.4, -0.2) is 36.9 Å². The van der Waals surface area contributed by atoms with E-state index in [4.69, 9.17) is 0 Å². The molecule has 0 spiro atoms. The van der Waals surface area contributed by atoms with Crippen molar-refractivity contribution in [3.8, 4) is 0 Å². The fourth-order valence-electron chi connectivity index (χ4n) is 1.19. The first-order chi connectivity index (χ1) is 6.63. The second-order valence-corrected chi connectivity index (χ2v) is 3.00. The zero-order valence-electron chi connectivity index (χ0n) is 7.92. The summed E-state index contributed by atoms with van der Waals surface area (Å²) in [5.74, 6) is -0.845. The van der Waals surface area contributed by atoms with Gasteiger partial charge in [-0.25, -0.2) is 0 Å². The molecule has 0 aromatic heterocycles. The summed E-state index contributed by atoms with van der Waals surface area (Å²) in [7, 11) is 0. The first-order valence-electron chi connectivity index (χ1n) is 4.47. The third-order valence-electron chi connectivity index (χ3n) is 1.85. The van der Waals surface area contributed by atoms with Crippen molar-refractivity contribution < 1.29 is 14.4 Å². The van der Waals surface area contributed by atoms with Gasteiger partial charge in [-0.3, -0.25) is 25.0 Å². The molecule has 0 saturated carbocycles. The normalized spacial score (nSPS) is 20.8. The summed E-state index contributed by atoms with van der Waals surface area (Å²) < 4.78 is 0. The first kappa shape index (κ1) is 10.6. The van der Waals surface area contributed by atoms with Gasteiger partial charge in [-0.05, 0) is 6.92 Å². The molecule has 1 unspecified atom stereocenters. The molecule has 1 aliphatic heterocycles. The van der Waals surface area contributed by atoms with Gasteiger partial charge in [0.15, 0.2) is 0 Å². The highest BCUT2D eigenvalue weighted by Crippen LogP contribution is 1.99. The third kappa shape index (κ3) is 2.81. The number of carbonyl (C=O) groups excluding carboxylic acids is 3. The van der Waals surface area contributed by atoms with Crippen molar-refractivity contribution in [2.75, 3.05) is 13.1 Å². The number of hydrogen-bond donors (Lipinski definition) is 3. The molecular formula is C8H13N3O3. The summed E-state index contributed by atoms with van der Waals surface area (Å²) >= 11 is 0. The Balaban J connectivity index is 2.28.